The Morgan fingerprint density at radius 1 is 0.577 bits per heavy atom. The van der Waals surface area contributed by atoms with Gasteiger partial charge in [0.15, 0.2) is 0 Å². The highest BCUT2D eigenvalue weighted by atomic mass is 16.4. The van der Waals surface area contributed by atoms with E-state index in [2.05, 4.69) is 0 Å². The highest BCUT2D eigenvalue weighted by molar-refractivity contribution is 6.57. The highest BCUT2D eigenvalue weighted by Gasteiger charge is 2.41. The lowest BCUT2D eigenvalue weighted by Crippen LogP contribution is -2.29. The smallest absolute Gasteiger partial charge is 0.340 e. The summed E-state index contributed by atoms with van der Waals surface area (Å²) in [4.78, 5) is 49.3. The summed E-state index contributed by atoms with van der Waals surface area (Å²) in [6.07, 6.45) is 0. The van der Waals surface area contributed by atoms with Crippen molar-refractivity contribution < 1.29 is 29.4 Å². The van der Waals surface area contributed by atoms with Crippen molar-refractivity contribution in [2.45, 2.75) is 0 Å². The van der Waals surface area contributed by atoms with Gasteiger partial charge >= 0.3 is 11.9 Å². The SMILES string of the molecule is O=C(O)C1=C(c2ccccc2)C(=O)C(C(=O)O)=C(c2ccccc2)C1=O. The van der Waals surface area contributed by atoms with Gasteiger partial charge < -0.3 is 10.2 Å². The van der Waals surface area contributed by atoms with Crippen molar-refractivity contribution in [1.29, 1.82) is 0 Å². The predicted octanol–water partition coefficient (Wildman–Crippen LogP) is 2.21. The maximum Gasteiger partial charge on any atom is 0.340 e. The molecule has 6 nitrogen and oxygen atoms in total. The van der Waals surface area contributed by atoms with Crippen molar-refractivity contribution in [2.75, 3.05) is 0 Å². The Bertz CT molecular complexity index is 914. The average molecular weight is 348 g/mol. The number of carbonyl (C=O) groups excluding carboxylic acids is 2. The van der Waals surface area contributed by atoms with Crippen molar-refractivity contribution in [2.24, 2.45) is 0 Å². The van der Waals surface area contributed by atoms with Crippen molar-refractivity contribution in [1.82, 2.24) is 0 Å². The first-order chi connectivity index (χ1) is 12.4. The summed E-state index contributed by atoms with van der Waals surface area (Å²) in [6, 6.07) is 15.4. The van der Waals surface area contributed by atoms with Gasteiger partial charge in [-0.3, -0.25) is 9.59 Å². The van der Waals surface area contributed by atoms with Crippen LogP contribution >= 0.6 is 0 Å². The Balaban J connectivity index is 2.34. The van der Waals surface area contributed by atoms with Crippen LogP contribution < -0.4 is 0 Å². The summed E-state index contributed by atoms with van der Waals surface area (Å²) in [7, 11) is 0. The van der Waals surface area contributed by atoms with E-state index in [4.69, 9.17) is 0 Å². The van der Waals surface area contributed by atoms with E-state index in [1.54, 1.807) is 36.4 Å². The Hall–Kier alpha value is -3.80. The van der Waals surface area contributed by atoms with E-state index in [0.717, 1.165) is 0 Å². The number of benzene rings is 2. The van der Waals surface area contributed by atoms with E-state index < -0.39 is 45.8 Å². The molecule has 6 heteroatoms. The molecule has 0 radical (unpaired) electrons. The quantitative estimate of drug-likeness (QED) is 0.648. The number of Topliss-reactive ketones (excluding diaryl/α,β-unsaturated/α-hetero) is 2. The monoisotopic (exact) mass is 348 g/mol. The van der Waals surface area contributed by atoms with Crippen molar-refractivity contribution >= 4 is 34.7 Å². The van der Waals surface area contributed by atoms with Crippen LogP contribution in [0.1, 0.15) is 11.1 Å². The van der Waals surface area contributed by atoms with Crippen LogP contribution in [-0.2, 0) is 19.2 Å². The van der Waals surface area contributed by atoms with Gasteiger partial charge in [-0.2, -0.15) is 0 Å². The molecule has 2 aromatic rings. The third kappa shape index (κ3) is 2.73. The van der Waals surface area contributed by atoms with E-state index in [1.165, 1.54) is 24.3 Å². The third-order valence-corrected chi connectivity index (χ3v) is 3.96. The van der Waals surface area contributed by atoms with Crippen LogP contribution in [0.4, 0.5) is 0 Å². The van der Waals surface area contributed by atoms with E-state index in [-0.39, 0.29) is 11.1 Å². The second-order valence-corrected chi connectivity index (χ2v) is 5.50. The van der Waals surface area contributed by atoms with Gasteiger partial charge in [0, 0.05) is 11.1 Å². The zero-order chi connectivity index (χ0) is 18.8. The number of rotatable bonds is 4. The molecule has 2 N–H and O–H groups in total. The van der Waals surface area contributed by atoms with Gasteiger partial charge in [-0.25, -0.2) is 9.59 Å². The van der Waals surface area contributed by atoms with Crippen molar-refractivity contribution in [3.05, 3.63) is 82.9 Å². The van der Waals surface area contributed by atoms with Crippen LogP contribution in [0.5, 0.6) is 0 Å². The maximum atomic E-state index is 12.9. The molecule has 26 heavy (non-hydrogen) atoms. The van der Waals surface area contributed by atoms with Crippen molar-refractivity contribution in [3.63, 3.8) is 0 Å². The minimum Gasteiger partial charge on any atom is -0.478 e. The Morgan fingerprint density at radius 2 is 0.885 bits per heavy atom. The summed E-state index contributed by atoms with van der Waals surface area (Å²) in [5, 5.41) is 19.1. The van der Waals surface area contributed by atoms with E-state index in [0.29, 0.717) is 0 Å². The second-order valence-electron chi connectivity index (χ2n) is 5.50. The molecule has 0 unspecified atom stereocenters. The van der Waals surface area contributed by atoms with Crippen LogP contribution in [0.2, 0.25) is 0 Å². The van der Waals surface area contributed by atoms with Gasteiger partial charge in [0.2, 0.25) is 11.6 Å². The predicted molar refractivity (Wildman–Crippen MR) is 92.0 cm³/mol. The molecule has 0 amide bonds. The van der Waals surface area contributed by atoms with Gasteiger partial charge in [-0.15, -0.1) is 0 Å². The van der Waals surface area contributed by atoms with Gasteiger partial charge in [-0.05, 0) is 11.1 Å². The van der Waals surface area contributed by atoms with Crippen LogP contribution in [0.15, 0.2) is 71.8 Å². The highest BCUT2D eigenvalue weighted by Crippen LogP contribution is 2.36. The number of ketones is 2. The molecule has 0 heterocycles. The molecule has 0 aromatic heterocycles. The van der Waals surface area contributed by atoms with Crippen LogP contribution in [0, 0.1) is 0 Å². The van der Waals surface area contributed by atoms with Gasteiger partial charge in [0.05, 0.1) is 0 Å². The molecule has 0 bridgehead atoms. The summed E-state index contributed by atoms with van der Waals surface area (Å²) in [5.41, 5.74) is -1.95. The molecule has 0 spiro atoms. The molecule has 1 aliphatic rings. The Kier molecular flexibility index (Phi) is 4.33. The van der Waals surface area contributed by atoms with Crippen LogP contribution in [-0.4, -0.2) is 33.7 Å². The van der Waals surface area contributed by atoms with E-state index in [1.807, 2.05) is 0 Å². The molecule has 0 saturated heterocycles. The Morgan fingerprint density at radius 3 is 1.15 bits per heavy atom. The first-order valence-corrected chi connectivity index (χ1v) is 7.59. The lowest BCUT2D eigenvalue weighted by atomic mass is 9.78. The number of carboxylic acids is 2. The normalized spacial score (nSPS) is 14.6. The first-order valence-electron chi connectivity index (χ1n) is 7.59. The topological polar surface area (TPSA) is 109 Å². The molecular formula is C20H12O6. The van der Waals surface area contributed by atoms with Crippen LogP contribution in [0.3, 0.4) is 0 Å². The summed E-state index contributed by atoms with van der Waals surface area (Å²) in [5.74, 6) is -5.17. The number of aliphatic carboxylic acids is 2. The molecule has 0 fully saturated rings. The fourth-order valence-electron chi connectivity index (χ4n) is 2.87. The number of hydrogen-bond donors (Lipinski definition) is 2. The average Bonchev–Trinajstić information content (AvgIpc) is 2.63. The fourth-order valence-corrected chi connectivity index (χ4v) is 2.87. The standard InChI is InChI=1S/C20H12O6/c21-17-13(11-7-3-1-4-8-11)15(19(23)24)18(22)14(16(17)20(25)26)12-9-5-2-6-10-12/h1-10H,(H,23,24)(H,25,26). The summed E-state index contributed by atoms with van der Waals surface area (Å²) >= 11 is 0. The molecule has 0 saturated carbocycles. The minimum absolute atomic E-state index is 0.175. The van der Waals surface area contributed by atoms with E-state index >= 15 is 0 Å². The number of carbonyl (C=O) groups is 4. The molecule has 0 atom stereocenters. The van der Waals surface area contributed by atoms with Gasteiger partial charge in [-0.1, -0.05) is 60.7 Å². The number of carboxylic acid groups (broad SMARTS) is 2. The second kappa shape index (κ2) is 6.60. The summed E-state index contributed by atoms with van der Waals surface area (Å²) in [6.45, 7) is 0. The number of allylic oxidation sites excluding steroid dienone is 2. The van der Waals surface area contributed by atoms with Gasteiger partial charge in [0.25, 0.3) is 0 Å². The lowest BCUT2D eigenvalue weighted by molar-refractivity contribution is -0.136. The molecule has 0 aliphatic heterocycles. The third-order valence-electron chi connectivity index (χ3n) is 3.96. The minimum atomic E-state index is -1.58. The molecule has 1 aliphatic carbocycles. The Labute approximate surface area is 147 Å². The largest absolute Gasteiger partial charge is 0.478 e. The molecule has 2 aromatic carbocycles. The lowest BCUT2D eigenvalue weighted by Gasteiger charge is -2.20. The first kappa shape index (κ1) is 17.0. The number of hydrogen-bond acceptors (Lipinski definition) is 4. The van der Waals surface area contributed by atoms with Crippen LogP contribution in [0.25, 0.3) is 11.1 Å². The van der Waals surface area contributed by atoms with Gasteiger partial charge in [0.1, 0.15) is 11.1 Å². The summed E-state index contributed by atoms with van der Waals surface area (Å²) < 4.78 is 0. The molecular weight excluding hydrogens is 336 g/mol. The van der Waals surface area contributed by atoms with E-state index in [9.17, 15) is 29.4 Å². The fraction of sp³-hybridized carbons (Fsp3) is 0. The zero-order valence-corrected chi connectivity index (χ0v) is 13.3. The molecule has 3 rings (SSSR count). The molecule has 128 valence electrons. The maximum absolute atomic E-state index is 12.9. The van der Waals surface area contributed by atoms with Crippen molar-refractivity contribution in [3.8, 4) is 0 Å². The zero-order valence-electron chi connectivity index (χ0n) is 13.3.